The van der Waals surface area contributed by atoms with Crippen molar-refractivity contribution >= 4 is 5.91 Å². The highest BCUT2D eigenvalue weighted by atomic mass is 19.1. The summed E-state index contributed by atoms with van der Waals surface area (Å²) >= 11 is 0. The highest BCUT2D eigenvalue weighted by molar-refractivity contribution is 5.94. The fourth-order valence-electron chi connectivity index (χ4n) is 2.06. The first-order valence-corrected chi connectivity index (χ1v) is 7.15. The summed E-state index contributed by atoms with van der Waals surface area (Å²) < 4.78 is 18.8. The Balaban J connectivity index is 1.92. The van der Waals surface area contributed by atoms with E-state index in [1.54, 1.807) is 24.3 Å². The molecule has 0 unspecified atom stereocenters. The molecule has 2 rings (SSSR count). The molecule has 0 heterocycles. The number of ether oxygens (including phenoxy) is 1. The van der Waals surface area contributed by atoms with Crippen LogP contribution >= 0.6 is 0 Å². The van der Waals surface area contributed by atoms with E-state index >= 15 is 0 Å². The molecule has 1 saturated carbocycles. The lowest BCUT2D eigenvalue weighted by atomic mass is 10.1. The summed E-state index contributed by atoms with van der Waals surface area (Å²) in [6.07, 6.45) is -0.394. The average molecular weight is 294 g/mol. The molecule has 0 radical (unpaired) electrons. The van der Waals surface area contributed by atoms with Gasteiger partial charge in [0, 0.05) is 17.6 Å². The van der Waals surface area contributed by atoms with Crippen molar-refractivity contribution in [2.45, 2.75) is 38.9 Å². The number of benzene rings is 1. The average Bonchev–Trinajstić information content (AvgIpc) is 3.06. The van der Waals surface area contributed by atoms with Crippen LogP contribution in [0.4, 0.5) is 4.39 Å². The van der Waals surface area contributed by atoms with Crippen molar-refractivity contribution in [1.29, 1.82) is 0 Å². The molecule has 3 N–H and O–H groups in total. The van der Waals surface area contributed by atoms with E-state index in [4.69, 9.17) is 10.5 Å². The van der Waals surface area contributed by atoms with E-state index in [1.807, 2.05) is 20.8 Å². The highest BCUT2D eigenvalue weighted by Crippen LogP contribution is 2.47. The first-order chi connectivity index (χ1) is 9.76. The Bertz CT molecular complexity index is 506. The Kier molecular flexibility index (Phi) is 4.23. The van der Waals surface area contributed by atoms with E-state index in [1.165, 1.54) is 0 Å². The van der Waals surface area contributed by atoms with Crippen LogP contribution in [0.5, 0.6) is 5.75 Å². The van der Waals surface area contributed by atoms with E-state index in [9.17, 15) is 9.18 Å². The van der Waals surface area contributed by atoms with Gasteiger partial charge in [-0.2, -0.15) is 0 Å². The Morgan fingerprint density at radius 3 is 2.43 bits per heavy atom. The van der Waals surface area contributed by atoms with Gasteiger partial charge in [-0.25, -0.2) is 4.39 Å². The van der Waals surface area contributed by atoms with E-state index in [2.05, 4.69) is 5.32 Å². The van der Waals surface area contributed by atoms with Crippen LogP contribution < -0.4 is 15.8 Å². The van der Waals surface area contributed by atoms with Gasteiger partial charge in [-0.15, -0.1) is 0 Å². The van der Waals surface area contributed by atoms with Crippen LogP contribution in [0, 0.1) is 5.41 Å². The third-order valence-electron chi connectivity index (χ3n) is 3.63. The zero-order valence-corrected chi connectivity index (χ0v) is 12.8. The van der Waals surface area contributed by atoms with Crippen LogP contribution in [0.1, 0.15) is 37.6 Å². The normalized spacial score (nSPS) is 24.5. The highest BCUT2D eigenvalue weighted by Gasteiger charge is 2.55. The second-order valence-electron chi connectivity index (χ2n) is 6.76. The molecule has 1 aliphatic rings. The Morgan fingerprint density at radius 2 is 2.00 bits per heavy atom. The van der Waals surface area contributed by atoms with Crippen LogP contribution in [0.3, 0.4) is 0 Å². The predicted molar refractivity (Wildman–Crippen MR) is 80.2 cm³/mol. The van der Waals surface area contributed by atoms with Crippen molar-refractivity contribution in [3.05, 3.63) is 29.8 Å². The summed E-state index contributed by atoms with van der Waals surface area (Å²) in [7, 11) is 0. The number of halogens is 1. The molecule has 0 aliphatic heterocycles. The molecule has 5 heteroatoms. The van der Waals surface area contributed by atoms with Gasteiger partial charge in [-0.1, -0.05) is 0 Å². The Hall–Kier alpha value is -1.62. The molecule has 1 aliphatic carbocycles. The first-order valence-electron chi connectivity index (χ1n) is 7.15. The van der Waals surface area contributed by atoms with Gasteiger partial charge in [-0.3, -0.25) is 4.79 Å². The van der Waals surface area contributed by atoms with Gasteiger partial charge in [0.25, 0.3) is 5.91 Å². The second kappa shape index (κ2) is 5.64. The molecule has 116 valence electrons. The quantitative estimate of drug-likeness (QED) is 0.875. The molecule has 1 amide bonds. The number of amides is 1. The van der Waals surface area contributed by atoms with Crippen molar-refractivity contribution in [3.63, 3.8) is 0 Å². The number of rotatable bonds is 5. The van der Waals surface area contributed by atoms with Gasteiger partial charge in [0.2, 0.25) is 0 Å². The molecule has 2 atom stereocenters. The Morgan fingerprint density at radius 1 is 1.43 bits per heavy atom. The Labute approximate surface area is 124 Å². The third-order valence-corrected chi connectivity index (χ3v) is 3.63. The van der Waals surface area contributed by atoms with Gasteiger partial charge >= 0.3 is 0 Å². The van der Waals surface area contributed by atoms with Crippen molar-refractivity contribution in [3.8, 4) is 5.75 Å². The SMILES string of the molecule is CC(C)(C)NC(=O)c1ccc(OC[C@]2(CN)C[C@@H]2F)cc1. The maximum absolute atomic E-state index is 13.2. The summed E-state index contributed by atoms with van der Waals surface area (Å²) in [6, 6.07) is 6.84. The van der Waals surface area contributed by atoms with Crippen LogP contribution in [-0.2, 0) is 0 Å². The molecule has 4 nitrogen and oxygen atoms in total. The number of alkyl halides is 1. The predicted octanol–water partition coefficient (Wildman–Crippen LogP) is 2.28. The number of hydrogen-bond acceptors (Lipinski definition) is 3. The van der Waals surface area contributed by atoms with E-state index in [0.717, 1.165) is 0 Å². The van der Waals surface area contributed by atoms with Crippen molar-refractivity contribution in [1.82, 2.24) is 5.32 Å². The van der Waals surface area contributed by atoms with Crippen molar-refractivity contribution in [2.24, 2.45) is 11.1 Å². The minimum Gasteiger partial charge on any atom is -0.493 e. The standard InChI is InChI=1S/C16H23FN2O2/c1-15(2,3)19-14(20)11-4-6-12(7-5-11)21-10-16(9-18)8-13(16)17/h4-7,13H,8-10,18H2,1-3H3,(H,19,20)/t13-,16+/m0/s1. The van der Waals surface area contributed by atoms with Gasteiger partial charge < -0.3 is 15.8 Å². The maximum atomic E-state index is 13.2. The van der Waals surface area contributed by atoms with Crippen molar-refractivity contribution < 1.29 is 13.9 Å². The van der Waals surface area contributed by atoms with Gasteiger partial charge in [0.15, 0.2) is 0 Å². The number of carbonyl (C=O) groups is 1. The summed E-state index contributed by atoms with van der Waals surface area (Å²) in [5.74, 6) is 0.493. The monoisotopic (exact) mass is 294 g/mol. The van der Waals surface area contributed by atoms with Gasteiger partial charge in [-0.05, 0) is 51.5 Å². The molecule has 0 bridgehead atoms. The number of hydrogen-bond donors (Lipinski definition) is 2. The molecule has 21 heavy (non-hydrogen) atoms. The lowest BCUT2D eigenvalue weighted by Crippen LogP contribution is -2.40. The van der Waals surface area contributed by atoms with E-state index in [-0.39, 0.29) is 18.1 Å². The molecule has 1 aromatic carbocycles. The van der Waals surface area contributed by atoms with Crippen LogP contribution in [0.2, 0.25) is 0 Å². The number of carbonyl (C=O) groups excluding carboxylic acids is 1. The number of nitrogens with one attached hydrogen (secondary N) is 1. The van der Waals surface area contributed by atoms with E-state index in [0.29, 0.717) is 24.3 Å². The fourth-order valence-corrected chi connectivity index (χ4v) is 2.06. The molecule has 0 spiro atoms. The first kappa shape index (κ1) is 15.8. The summed E-state index contributed by atoms with van der Waals surface area (Å²) in [4.78, 5) is 12.0. The molecule has 0 saturated heterocycles. The van der Waals surface area contributed by atoms with Crippen LogP contribution in [0.15, 0.2) is 24.3 Å². The molecular formula is C16H23FN2O2. The summed E-state index contributed by atoms with van der Waals surface area (Å²) in [5.41, 5.74) is 5.36. The maximum Gasteiger partial charge on any atom is 0.251 e. The van der Waals surface area contributed by atoms with Gasteiger partial charge in [0.05, 0.1) is 12.0 Å². The molecule has 1 aromatic rings. The summed E-state index contributed by atoms with van der Waals surface area (Å²) in [6.45, 7) is 6.35. The lowest BCUT2D eigenvalue weighted by Gasteiger charge is -2.20. The second-order valence-corrected chi connectivity index (χ2v) is 6.76. The third kappa shape index (κ3) is 3.94. The zero-order valence-electron chi connectivity index (χ0n) is 12.8. The van der Waals surface area contributed by atoms with E-state index < -0.39 is 11.6 Å². The fraction of sp³-hybridized carbons (Fsp3) is 0.562. The zero-order chi connectivity index (χ0) is 15.7. The largest absolute Gasteiger partial charge is 0.493 e. The van der Waals surface area contributed by atoms with Crippen LogP contribution in [0.25, 0.3) is 0 Å². The summed E-state index contributed by atoms with van der Waals surface area (Å²) in [5, 5.41) is 2.89. The van der Waals surface area contributed by atoms with Gasteiger partial charge in [0.1, 0.15) is 11.9 Å². The topological polar surface area (TPSA) is 64.3 Å². The van der Waals surface area contributed by atoms with Crippen LogP contribution in [-0.4, -0.2) is 30.8 Å². The molecular weight excluding hydrogens is 271 g/mol. The molecule has 1 fully saturated rings. The van der Waals surface area contributed by atoms with Crippen molar-refractivity contribution in [2.75, 3.05) is 13.2 Å². The minimum absolute atomic E-state index is 0.126. The number of nitrogens with two attached hydrogens (primary N) is 1. The molecule has 0 aromatic heterocycles. The minimum atomic E-state index is -0.862. The lowest BCUT2D eigenvalue weighted by molar-refractivity contribution is 0.0919. The smallest absolute Gasteiger partial charge is 0.251 e.